The minimum atomic E-state index is 0.0598. The second-order valence-electron chi connectivity index (χ2n) is 4.40. The average Bonchev–Trinajstić information content (AvgIpc) is 2.72. The van der Waals surface area contributed by atoms with Crippen molar-refractivity contribution in [3.63, 3.8) is 0 Å². The molecule has 0 aliphatic heterocycles. The van der Waals surface area contributed by atoms with Crippen LogP contribution in [0.3, 0.4) is 0 Å². The van der Waals surface area contributed by atoms with Gasteiger partial charge in [-0.05, 0) is 42.2 Å². The predicted octanol–water partition coefficient (Wildman–Crippen LogP) is 3.16. The highest BCUT2D eigenvalue weighted by Crippen LogP contribution is 2.15. The summed E-state index contributed by atoms with van der Waals surface area (Å²) in [5.74, 6) is 1.42. The van der Waals surface area contributed by atoms with Crippen LogP contribution in [-0.2, 0) is 4.74 Å². The third kappa shape index (κ3) is 4.72. The molecule has 1 N–H and O–H groups in total. The monoisotopic (exact) mass is 305 g/mol. The van der Waals surface area contributed by atoms with Gasteiger partial charge >= 0.3 is 0 Å². The largest absolute Gasteiger partial charge is 0.497 e. The molecule has 0 saturated heterocycles. The Kier molecular flexibility index (Phi) is 5.51. The van der Waals surface area contributed by atoms with Crippen molar-refractivity contribution >= 4 is 23.7 Å². The van der Waals surface area contributed by atoms with Gasteiger partial charge in [0.15, 0.2) is 6.29 Å². The minimum Gasteiger partial charge on any atom is -0.497 e. The molecular weight excluding hydrogens is 290 g/mol. The second-order valence-corrected chi connectivity index (χ2v) is 4.74. The first kappa shape index (κ1) is 15.3. The van der Waals surface area contributed by atoms with E-state index < -0.39 is 0 Å². The molecule has 0 unspecified atom stereocenters. The third-order valence-corrected chi connectivity index (χ3v) is 3.12. The van der Waals surface area contributed by atoms with E-state index in [0.717, 1.165) is 18.6 Å². The fourth-order valence-electron chi connectivity index (χ4n) is 1.91. The number of hydrogen-bond acceptors (Lipinski definition) is 5. The standard InChI is InChI=1S/C15H16ClN3O2/c1-21-13-4-2-3-11(5-6-13)7-8-17-14-9-12(10-20)18-15(16)19-14/h3-6,9-10H,2,7-8H2,1H3,(H,17,18,19). The topological polar surface area (TPSA) is 64.1 Å². The Morgan fingerprint density at radius 3 is 3.00 bits per heavy atom. The smallest absolute Gasteiger partial charge is 0.224 e. The highest BCUT2D eigenvalue weighted by Gasteiger charge is 2.03. The molecule has 0 fully saturated rings. The van der Waals surface area contributed by atoms with Gasteiger partial charge in [-0.15, -0.1) is 0 Å². The summed E-state index contributed by atoms with van der Waals surface area (Å²) in [6, 6.07) is 1.57. The molecule has 0 spiro atoms. The van der Waals surface area contributed by atoms with Gasteiger partial charge in [0.1, 0.15) is 17.3 Å². The number of allylic oxidation sites excluding steroid dienone is 4. The lowest BCUT2D eigenvalue weighted by Gasteiger charge is -2.06. The molecule has 0 saturated carbocycles. The summed E-state index contributed by atoms with van der Waals surface area (Å²) in [7, 11) is 1.66. The molecule has 0 aromatic carbocycles. The first-order valence-corrected chi connectivity index (χ1v) is 6.94. The number of nitrogens with one attached hydrogen (secondary N) is 1. The predicted molar refractivity (Wildman–Crippen MR) is 82.5 cm³/mol. The quantitative estimate of drug-likeness (QED) is 0.646. The van der Waals surface area contributed by atoms with E-state index in [4.69, 9.17) is 16.3 Å². The number of carbonyl (C=O) groups excluding carboxylic acids is 1. The maximum atomic E-state index is 10.7. The first-order valence-electron chi connectivity index (χ1n) is 6.56. The highest BCUT2D eigenvalue weighted by molar-refractivity contribution is 6.28. The zero-order valence-electron chi connectivity index (χ0n) is 11.7. The number of halogens is 1. The van der Waals surface area contributed by atoms with Crippen molar-refractivity contribution in [2.75, 3.05) is 19.0 Å². The Balaban J connectivity index is 1.89. The van der Waals surface area contributed by atoms with E-state index in [1.165, 1.54) is 5.57 Å². The van der Waals surface area contributed by atoms with Gasteiger partial charge in [-0.2, -0.15) is 0 Å². The van der Waals surface area contributed by atoms with Gasteiger partial charge in [-0.1, -0.05) is 12.2 Å². The Morgan fingerprint density at radius 1 is 1.38 bits per heavy atom. The SMILES string of the molecule is COC1=CCC=C(CCNc2cc(C=O)nc(Cl)n2)C=C1. The van der Waals surface area contributed by atoms with Crippen LogP contribution in [-0.4, -0.2) is 29.9 Å². The summed E-state index contributed by atoms with van der Waals surface area (Å²) < 4.78 is 5.19. The lowest BCUT2D eigenvalue weighted by molar-refractivity contribution is 0.111. The summed E-state index contributed by atoms with van der Waals surface area (Å²) >= 11 is 5.75. The molecule has 21 heavy (non-hydrogen) atoms. The summed E-state index contributed by atoms with van der Waals surface area (Å²) in [6.07, 6.45) is 10.5. The summed E-state index contributed by atoms with van der Waals surface area (Å²) in [6.45, 7) is 0.685. The van der Waals surface area contributed by atoms with Gasteiger partial charge in [-0.3, -0.25) is 4.79 Å². The van der Waals surface area contributed by atoms with E-state index >= 15 is 0 Å². The van der Waals surface area contributed by atoms with E-state index in [1.807, 2.05) is 18.2 Å². The van der Waals surface area contributed by atoms with Crippen LogP contribution < -0.4 is 5.32 Å². The van der Waals surface area contributed by atoms with Crippen molar-refractivity contribution in [2.24, 2.45) is 0 Å². The van der Waals surface area contributed by atoms with E-state index in [-0.39, 0.29) is 11.0 Å². The van der Waals surface area contributed by atoms with Crippen LogP contribution in [0.15, 0.2) is 41.7 Å². The molecule has 1 heterocycles. The van der Waals surface area contributed by atoms with Crippen LogP contribution >= 0.6 is 11.6 Å². The van der Waals surface area contributed by atoms with Gasteiger partial charge in [0.25, 0.3) is 0 Å². The van der Waals surface area contributed by atoms with Crippen LogP contribution in [0, 0.1) is 0 Å². The van der Waals surface area contributed by atoms with Crippen molar-refractivity contribution < 1.29 is 9.53 Å². The van der Waals surface area contributed by atoms with Crippen molar-refractivity contribution in [2.45, 2.75) is 12.8 Å². The van der Waals surface area contributed by atoms with Gasteiger partial charge in [-0.25, -0.2) is 9.97 Å². The summed E-state index contributed by atoms with van der Waals surface area (Å²) in [4.78, 5) is 18.5. The molecular formula is C15H16ClN3O2. The number of methoxy groups -OCH3 is 1. The van der Waals surface area contributed by atoms with E-state index in [9.17, 15) is 4.79 Å². The first-order chi connectivity index (χ1) is 10.2. The lowest BCUT2D eigenvalue weighted by Crippen LogP contribution is -2.05. The number of aromatic nitrogens is 2. The van der Waals surface area contributed by atoms with Crippen molar-refractivity contribution in [3.05, 3.63) is 52.7 Å². The number of anilines is 1. The molecule has 5 nitrogen and oxygen atoms in total. The Morgan fingerprint density at radius 2 is 2.24 bits per heavy atom. The van der Waals surface area contributed by atoms with Crippen molar-refractivity contribution in [1.29, 1.82) is 0 Å². The van der Waals surface area contributed by atoms with Crippen molar-refractivity contribution in [3.8, 4) is 0 Å². The molecule has 1 aromatic rings. The maximum Gasteiger partial charge on any atom is 0.224 e. The van der Waals surface area contributed by atoms with E-state index in [2.05, 4.69) is 21.4 Å². The summed E-state index contributed by atoms with van der Waals surface area (Å²) in [5.41, 5.74) is 1.47. The minimum absolute atomic E-state index is 0.0598. The normalized spacial score (nSPS) is 14.0. The fourth-order valence-corrected chi connectivity index (χ4v) is 2.10. The number of carbonyl (C=O) groups is 1. The Labute approximate surface area is 128 Å². The van der Waals surface area contributed by atoms with Crippen molar-refractivity contribution in [1.82, 2.24) is 9.97 Å². The average molecular weight is 306 g/mol. The number of aldehydes is 1. The number of hydrogen-bond donors (Lipinski definition) is 1. The van der Waals surface area contributed by atoms with Crippen LogP contribution in [0.5, 0.6) is 0 Å². The Hall–Kier alpha value is -2.14. The maximum absolute atomic E-state index is 10.7. The molecule has 0 amide bonds. The van der Waals surface area contributed by atoms with Gasteiger partial charge in [0, 0.05) is 12.6 Å². The van der Waals surface area contributed by atoms with Crippen LogP contribution in [0.4, 0.5) is 5.82 Å². The van der Waals surface area contributed by atoms with Crippen LogP contribution in [0.2, 0.25) is 5.28 Å². The number of ether oxygens (including phenoxy) is 1. The molecule has 2 rings (SSSR count). The third-order valence-electron chi connectivity index (χ3n) is 2.96. The van der Waals surface area contributed by atoms with Gasteiger partial charge in [0.05, 0.1) is 7.11 Å². The fraction of sp³-hybridized carbons (Fsp3) is 0.267. The molecule has 1 aromatic heterocycles. The zero-order valence-corrected chi connectivity index (χ0v) is 12.4. The zero-order chi connectivity index (χ0) is 15.1. The lowest BCUT2D eigenvalue weighted by atomic mass is 10.1. The summed E-state index contributed by atoms with van der Waals surface area (Å²) in [5, 5.41) is 3.20. The van der Waals surface area contributed by atoms with Gasteiger partial charge in [0.2, 0.25) is 5.28 Å². The second kappa shape index (κ2) is 7.59. The van der Waals surface area contributed by atoms with Crippen LogP contribution in [0.1, 0.15) is 23.3 Å². The van der Waals surface area contributed by atoms with E-state index in [0.29, 0.717) is 18.6 Å². The molecule has 1 aliphatic rings. The molecule has 0 atom stereocenters. The highest BCUT2D eigenvalue weighted by atomic mass is 35.5. The molecule has 1 aliphatic carbocycles. The number of rotatable bonds is 6. The van der Waals surface area contributed by atoms with Crippen LogP contribution in [0.25, 0.3) is 0 Å². The van der Waals surface area contributed by atoms with Gasteiger partial charge < -0.3 is 10.1 Å². The van der Waals surface area contributed by atoms with E-state index in [1.54, 1.807) is 13.2 Å². The molecule has 6 heteroatoms. The Bertz CT molecular complexity index is 609. The number of nitrogens with zero attached hydrogens (tertiary/aromatic N) is 2. The molecule has 0 radical (unpaired) electrons. The molecule has 0 bridgehead atoms. The molecule has 110 valence electrons.